The molecule has 0 aliphatic carbocycles. The highest BCUT2D eigenvalue weighted by Gasteiger charge is 2.35. The number of Topliss-reactive ketones (excluding diaryl/α,β-unsaturated/α-hetero) is 1. The average Bonchev–Trinajstić information content (AvgIpc) is 2.94. The maximum absolute atomic E-state index is 13.5. The van der Waals surface area contributed by atoms with Gasteiger partial charge in [0.1, 0.15) is 11.5 Å². The van der Waals surface area contributed by atoms with Gasteiger partial charge in [0, 0.05) is 18.4 Å². The summed E-state index contributed by atoms with van der Waals surface area (Å²) in [4.78, 5) is 56.0. The fourth-order valence-electron chi connectivity index (χ4n) is 3.40. The minimum atomic E-state index is -4.99. The Balaban J connectivity index is 2.32. The SMILES string of the molecule is Cc1c(C(=O)C(=O)NC(C)(C)COP(=O)(O)O)c(C)n(C)c1C(=O)Nc1ccc(F)c(C(F)(F)F)c1. The van der Waals surface area contributed by atoms with Crippen LogP contribution in [0, 0.1) is 19.7 Å². The van der Waals surface area contributed by atoms with Crippen molar-refractivity contribution in [2.24, 2.45) is 7.05 Å². The lowest BCUT2D eigenvalue weighted by atomic mass is 10.0. The number of carbonyl (C=O) groups excluding carboxylic acids is 3. The van der Waals surface area contributed by atoms with Crippen molar-refractivity contribution < 1.29 is 50.8 Å². The molecule has 0 aliphatic heterocycles. The van der Waals surface area contributed by atoms with E-state index in [1.165, 1.54) is 39.3 Å². The number of phosphoric acid groups is 1. The zero-order valence-electron chi connectivity index (χ0n) is 19.8. The van der Waals surface area contributed by atoms with Gasteiger partial charge in [-0.1, -0.05) is 0 Å². The summed E-state index contributed by atoms with van der Waals surface area (Å²) in [7, 11) is -3.43. The molecule has 0 unspecified atom stereocenters. The zero-order valence-corrected chi connectivity index (χ0v) is 20.7. The van der Waals surface area contributed by atoms with Crippen molar-refractivity contribution in [3.63, 3.8) is 0 Å². The fourth-order valence-corrected chi connectivity index (χ4v) is 3.89. The molecule has 10 nitrogen and oxygen atoms in total. The minimum absolute atomic E-state index is 0.0510. The molecule has 0 radical (unpaired) electrons. The maximum Gasteiger partial charge on any atom is 0.469 e. The predicted molar refractivity (Wildman–Crippen MR) is 119 cm³/mol. The van der Waals surface area contributed by atoms with E-state index in [4.69, 9.17) is 9.79 Å². The maximum atomic E-state index is 13.5. The number of benzene rings is 1. The van der Waals surface area contributed by atoms with Gasteiger partial charge in [0.25, 0.3) is 17.6 Å². The van der Waals surface area contributed by atoms with Crippen molar-refractivity contribution in [1.29, 1.82) is 0 Å². The van der Waals surface area contributed by atoms with Crippen LogP contribution in [0.15, 0.2) is 18.2 Å². The minimum Gasteiger partial charge on any atom is -0.343 e. The molecule has 0 fully saturated rings. The number of amides is 2. The Morgan fingerprint density at radius 2 is 1.72 bits per heavy atom. The largest absolute Gasteiger partial charge is 0.469 e. The van der Waals surface area contributed by atoms with Crippen LogP contribution in [-0.4, -0.2) is 44.1 Å². The average molecular weight is 537 g/mol. The molecule has 36 heavy (non-hydrogen) atoms. The van der Waals surface area contributed by atoms with Crippen molar-refractivity contribution in [3.05, 3.63) is 52.1 Å². The summed E-state index contributed by atoms with van der Waals surface area (Å²) in [6, 6.07) is 1.92. The first kappa shape index (κ1) is 29.2. The molecular weight excluding hydrogens is 513 g/mol. The van der Waals surface area contributed by atoms with Gasteiger partial charge in [-0.3, -0.25) is 18.9 Å². The lowest BCUT2D eigenvalue weighted by molar-refractivity contribution is -0.140. The third-order valence-electron chi connectivity index (χ3n) is 5.15. The van der Waals surface area contributed by atoms with E-state index in [-0.39, 0.29) is 28.2 Å². The van der Waals surface area contributed by atoms with Crippen molar-refractivity contribution in [2.75, 3.05) is 11.9 Å². The molecule has 15 heteroatoms. The Bertz CT molecular complexity index is 1270. The molecule has 0 saturated heterocycles. The number of carbonyl (C=O) groups is 3. The fraction of sp³-hybridized carbons (Fsp3) is 0.381. The summed E-state index contributed by atoms with van der Waals surface area (Å²) in [5.74, 6) is -4.64. The lowest BCUT2D eigenvalue weighted by Crippen LogP contribution is -2.49. The van der Waals surface area contributed by atoms with Crippen molar-refractivity contribution in [2.45, 2.75) is 39.4 Å². The zero-order chi connectivity index (χ0) is 27.8. The highest BCUT2D eigenvalue weighted by molar-refractivity contribution is 7.46. The number of anilines is 1. The third-order valence-corrected chi connectivity index (χ3v) is 5.62. The number of rotatable bonds is 8. The monoisotopic (exact) mass is 537 g/mol. The van der Waals surface area contributed by atoms with Gasteiger partial charge in [-0.2, -0.15) is 13.2 Å². The summed E-state index contributed by atoms with van der Waals surface area (Å²) >= 11 is 0. The van der Waals surface area contributed by atoms with Crippen molar-refractivity contribution in [3.8, 4) is 0 Å². The first-order chi connectivity index (χ1) is 16.2. The summed E-state index contributed by atoms with van der Waals surface area (Å²) < 4.78 is 69.0. The van der Waals surface area contributed by atoms with Gasteiger partial charge in [0.05, 0.1) is 23.3 Å². The first-order valence-electron chi connectivity index (χ1n) is 10.2. The van der Waals surface area contributed by atoms with E-state index in [0.717, 1.165) is 6.07 Å². The van der Waals surface area contributed by atoms with Crippen LogP contribution in [0.25, 0.3) is 0 Å². The van der Waals surface area contributed by atoms with Gasteiger partial charge in [-0.05, 0) is 51.5 Å². The Morgan fingerprint density at radius 1 is 1.14 bits per heavy atom. The molecule has 198 valence electrons. The second-order valence-electron chi connectivity index (χ2n) is 8.57. The second kappa shape index (κ2) is 10.1. The van der Waals surface area contributed by atoms with Gasteiger partial charge in [-0.15, -0.1) is 0 Å². The van der Waals surface area contributed by atoms with Gasteiger partial charge in [-0.25, -0.2) is 8.96 Å². The number of ketones is 1. The van der Waals surface area contributed by atoms with Crippen LogP contribution >= 0.6 is 7.82 Å². The predicted octanol–water partition coefficient (Wildman–Crippen LogP) is 3.24. The molecular formula is C21H24F4N3O7P. The number of hydrogen-bond acceptors (Lipinski definition) is 5. The van der Waals surface area contributed by atoms with Crippen LogP contribution < -0.4 is 10.6 Å². The molecule has 1 aromatic carbocycles. The first-order valence-corrected chi connectivity index (χ1v) is 11.7. The third kappa shape index (κ3) is 6.78. The Kier molecular flexibility index (Phi) is 8.21. The van der Waals surface area contributed by atoms with Crippen LogP contribution in [0.5, 0.6) is 0 Å². The van der Waals surface area contributed by atoms with Crippen LogP contribution in [-0.2, 0) is 27.1 Å². The highest BCUT2D eigenvalue weighted by Crippen LogP contribution is 2.37. The molecule has 2 rings (SSSR count). The van der Waals surface area contributed by atoms with E-state index in [1.807, 2.05) is 0 Å². The molecule has 2 amide bonds. The Hall–Kier alpha value is -3.06. The summed E-state index contributed by atoms with van der Waals surface area (Å²) in [6.07, 6.45) is -4.99. The molecule has 2 aromatic rings. The number of aromatic nitrogens is 1. The van der Waals surface area contributed by atoms with Gasteiger partial charge in [0.2, 0.25) is 0 Å². The highest BCUT2D eigenvalue weighted by atomic mass is 31.2. The van der Waals surface area contributed by atoms with E-state index in [0.29, 0.717) is 12.1 Å². The molecule has 0 saturated carbocycles. The molecule has 0 spiro atoms. The number of phosphoric ester groups is 1. The second-order valence-corrected chi connectivity index (χ2v) is 9.81. The van der Waals surface area contributed by atoms with Gasteiger partial charge < -0.3 is 25.0 Å². The lowest BCUT2D eigenvalue weighted by Gasteiger charge is -2.25. The van der Waals surface area contributed by atoms with Crippen LogP contribution in [0.2, 0.25) is 0 Å². The topological polar surface area (TPSA) is 147 Å². The van der Waals surface area contributed by atoms with Crippen LogP contribution in [0.4, 0.5) is 23.2 Å². The normalized spacial score (nSPS) is 12.4. The molecule has 1 heterocycles. The molecule has 1 aromatic heterocycles. The van der Waals surface area contributed by atoms with Crippen molar-refractivity contribution >= 4 is 31.1 Å². The van der Waals surface area contributed by atoms with Gasteiger partial charge in [0.15, 0.2) is 0 Å². The molecule has 0 atom stereocenters. The molecule has 4 N–H and O–H groups in total. The summed E-state index contributed by atoms with van der Waals surface area (Å²) in [5.41, 5.74) is -3.31. The smallest absolute Gasteiger partial charge is 0.343 e. The quantitative estimate of drug-likeness (QED) is 0.175. The van der Waals surface area contributed by atoms with E-state index in [2.05, 4.69) is 15.2 Å². The Labute approximate surface area is 202 Å². The number of halogens is 4. The van der Waals surface area contributed by atoms with Crippen molar-refractivity contribution in [1.82, 2.24) is 9.88 Å². The number of nitrogens with zero attached hydrogens (tertiary/aromatic N) is 1. The number of alkyl halides is 3. The molecule has 0 bridgehead atoms. The van der Waals surface area contributed by atoms with Crippen LogP contribution in [0.1, 0.15) is 51.5 Å². The van der Waals surface area contributed by atoms with Crippen LogP contribution in [0.3, 0.4) is 0 Å². The number of hydrogen-bond donors (Lipinski definition) is 4. The van der Waals surface area contributed by atoms with E-state index < -0.39 is 55.1 Å². The van der Waals surface area contributed by atoms with E-state index >= 15 is 0 Å². The standard InChI is InChI=1S/C21H24F4N3O7P/c1-10-15(17(29)19(31)27-20(3,4)9-35-36(32,33)34)11(2)28(5)16(10)18(30)26-12-6-7-14(22)13(8-12)21(23,24)25/h6-8H,9H2,1-5H3,(H,26,30)(H,27,31)(H2,32,33,34). The Morgan fingerprint density at radius 3 is 2.25 bits per heavy atom. The summed E-state index contributed by atoms with van der Waals surface area (Å²) in [5, 5.41) is 4.52. The molecule has 0 aliphatic rings. The number of nitrogens with one attached hydrogen (secondary N) is 2. The van der Waals surface area contributed by atoms with Gasteiger partial charge >= 0.3 is 14.0 Å². The van der Waals surface area contributed by atoms with E-state index in [1.54, 1.807) is 0 Å². The summed E-state index contributed by atoms with van der Waals surface area (Å²) in [6.45, 7) is 4.89. The van der Waals surface area contributed by atoms with E-state index in [9.17, 15) is 36.5 Å².